The molecule has 5 heteroatoms. The maximum absolute atomic E-state index is 10.3. The molecule has 0 aromatic carbocycles. The lowest BCUT2D eigenvalue weighted by Crippen LogP contribution is -2.32. The number of nitrogens with one attached hydrogen (secondary N) is 1. The summed E-state index contributed by atoms with van der Waals surface area (Å²) in [7, 11) is 0. The van der Waals surface area contributed by atoms with E-state index in [0.29, 0.717) is 0 Å². The molecule has 0 aromatic rings. The van der Waals surface area contributed by atoms with Gasteiger partial charge in [-0.1, -0.05) is 0 Å². The summed E-state index contributed by atoms with van der Waals surface area (Å²) in [4.78, 5) is 10.3. The van der Waals surface area contributed by atoms with Crippen molar-refractivity contribution in [2.75, 3.05) is 13.2 Å². The highest BCUT2D eigenvalue weighted by Gasteiger charge is 2.02. The number of aliphatic hydroxyl groups is 1. The number of carbonyl (C=O) groups is 1. The van der Waals surface area contributed by atoms with Crippen LogP contribution < -0.4 is 5.32 Å². The van der Waals surface area contributed by atoms with Crippen molar-refractivity contribution in [3.05, 3.63) is 0 Å². The summed E-state index contributed by atoms with van der Waals surface area (Å²) >= 11 is 1.69. The van der Waals surface area contributed by atoms with Crippen molar-refractivity contribution in [1.29, 1.82) is 0 Å². The fourth-order valence-electron chi connectivity index (χ4n) is 0.393. The zero-order valence-corrected chi connectivity index (χ0v) is 7.79. The van der Waals surface area contributed by atoms with Crippen molar-refractivity contribution in [1.82, 2.24) is 5.32 Å². The molecule has 0 saturated carbocycles. The molecule has 0 aromatic heterocycles. The Balaban J connectivity index is 3.21. The van der Waals surface area contributed by atoms with Gasteiger partial charge in [0.2, 0.25) is 5.91 Å². The van der Waals surface area contributed by atoms with E-state index < -0.39 is 6.10 Å². The van der Waals surface area contributed by atoms with Crippen molar-refractivity contribution in [2.45, 2.75) is 13.0 Å². The molecule has 0 unspecified atom stereocenters. The first kappa shape index (κ1) is 10.1. The van der Waals surface area contributed by atoms with Crippen LogP contribution in [0.5, 0.6) is 0 Å². The van der Waals surface area contributed by atoms with E-state index in [2.05, 4.69) is 8.38 Å². The highest BCUT2D eigenvalue weighted by atomic mass is 127. The number of hydrogen-bond acceptors (Lipinski definition) is 3. The number of halogens is 1. The fourth-order valence-corrected chi connectivity index (χ4v) is 0.808. The molecule has 0 aliphatic rings. The standard InChI is InChI=1S/C5H10INO3/c1-4(8)7-2-5(9)3-10-6/h5,9H,2-3H2,1H3,(H,7,8)/t5-/m1/s1. The second-order valence-electron chi connectivity index (χ2n) is 1.87. The highest BCUT2D eigenvalue weighted by Crippen LogP contribution is 1.89. The minimum Gasteiger partial charge on any atom is -0.389 e. The molecule has 0 fully saturated rings. The second kappa shape index (κ2) is 5.87. The van der Waals surface area contributed by atoms with Crippen LogP contribution in [0, 0.1) is 0 Å². The summed E-state index contributed by atoms with van der Waals surface area (Å²) in [5.74, 6) is -0.146. The lowest BCUT2D eigenvalue weighted by molar-refractivity contribution is -0.119. The topological polar surface area (TPSA) is 58.6 Å². The molecule has 60 valence electrons. The van der Waals surface area contributed by atoms with E-state index in [0.717, 1.165) is 0 Å². The molecule has 1 amide bonds. The smallest absolute Gasteiger partial charge is 0.216 e. The van der Waals surface area contributed by atoms with Crippen molar-refractivity contribution >= 4 is 28.9 Å². The highest BCUT2D eigenvalue weighted by molar-refractivity contribution is 14.1. The number of hydrogen-bond donors (Lipinski definition) is 2. The van der Waals surface area contributed by atoms with E-state index in [9.17, 15) is 4.79 Å². The van der Waals surface area contributed by atoms with Gasteiger partial charge in [-0.15, -0.1) is 0 Å². The quantitative estimate of drug-likeness (QED) is 0.690. The van der Waals surface area contributed by atoms with Crippen molar-refractivity contribution in [3.63, 3.8) is 0 Å². The molecule has 0 saturated heterocycles. The molecule has 2 N–H and O–H groups in total. The first-order chi connectivity index (χ1) is 4.66. The lowest BCUT2D eigenvalue weighted by atomic mass is 10.4. The Kier molecular flexibility index (Phi) is 5.94. The predicted molar refractivity (Wildman–Crippen MR) is 44.7 cm³/mol. The van der Waals surface area contributed by atoms with Gasteiger partial charge in [0.1, 0.15) is 23.0 Å². The van der Waals surface area contributed by atoms with Crippen LogP contribution in [0.3, 0.4) is 0 Å². The van der Waals surface area contributed by atoms with Crippen LogP contribution in [0.4, 0.5) is 0 Å². The van der Waals surface area contributed by atoms with Crippen LogP contribution in [-0.4, -0.2) is 30.3 Å². The SMILES string of the molecule is CC(=O)NC[C@@H](O)COI. The molecule has 0 aliphatic heterocycles. The van der Waals surface area contributed by atoms with E-state index in [1.54, 1.807) is 23.0 Å². The molecule has 0 aliphatic carbocycles. The molecule has 10 heavy (non-hydrogen) atoms. The largest absolute Gasteiger partial charge is 0.389 e. The maximum Gasteiger partial charge on any atom is 0.216 e. The summed E-state index contributed by atoms with van der Waals surface area (Å²) in [6, 6.07) is 0. The monoisotopic (exact) mass is 259 g/mol. The Labute approximate surface area is 73.6 Å². The molecular formula is C5H10INO3. The summed E-state index contributed by atoms with van der Waals surface area (Å²) in [6.45, 7) is 1.89. The van der Waals surface area contributed by atoms with Crippen LogP contribution in [-0.2, 0) is 7.86 Å². The Morgan fingerprint density at radius 3 is 2.90 bits per heavy atom. The van der Waals surface area contributed by atoms with Crippen LogP contribution in [0.15, 0.2) is 0 Å². The van der Waals surface area contributed by atoms with E-state index in [4.69, 9.17) is 5.11 Å². The summed E-state index contributed by atoms with van der Waals surface area (Å²) < 4.78 is 4.60. The van der Waals surface area contributed by atoms with E-state index >= 15 is 0 Å². The minimum atomic E-state index is -0.610. The van der Waals surface area contributed by atoms with E-state index in [1.807, 2.05) is 0 Å². The Bertz CT molecular complexity index is 109. The fraction of sp³-hybridized carbons (Fsp3) is 0.800. The molecule has 0 heterocycles. The van der Waals surface area contributed by atoms with Gasteiger partial charge in [-0.05, 0) is 0 Å². The average Bonchev–Trinajstić information content (AvgIpc) is 1.85. The Hall–Kier alpha value is 0.120. The maximum atomic E-state index is 10.3. The van der Waals surface area contributed by atoms with Crippen molar-refractivity contribution < 1.29 is 13.0 Å². The van der Waals surface area contributed by atoms with Gasteiger partial charge in [0.05, 0.1) is 12.7 Å². The van der Waals surface area contributed by atoms with Crippen LogP contribution >= 0.6 is 23.0 Å². The zero-order valence-electron chi connectivity index (χ0n) is 5.63. The van der Waals surface area contributed by atoms with Gasteiger partial charge in [-0.3, -0.25) is 4.79 Å². The first-order valence-corrected chi connectivity index (χ1v) is 3.71. The predicted octanol–water partition coefficient (Wildman–Crippen LogP) is -0.150. The molecular weight excluding hydrogens is 249 g/mol. The van der Waals surface area contributed by atoms with Gasteiger partial charge >= 0.3 is 0 Å². The minimum absolute atomic E-state index is 0.146. The van der Waals surface area contributed by atoms with Gasteiger partial charge < -0.3 is 13.5 Å². The zero-order chi connectivity index (χ0) is 7.98. The number of rotatable bonds is 4. The second-order valence-corrected chi connectivity index (χ2v) is 2.49. The molecule has 4 nitrogen and oxygen atoms in total. The number of carbonyl (C=O) groups excluding carboxylic acids is 1. The molecule has 0 bridgehead atoms. The van der Waals surface area contributed by atoms with E-state index in [1.165, 1.54) is 6.92 Å². The van der Waals surface area contributed by atoms with Gasteiger partial charge in [0.15, 0.2) is 0 Å². The van der Waals surface area contributed by atoms with E-state index in [-0.39, 0.29) is 19.1 Å². The van der Waals surface area contributed by atoms with Gasteiger partial charge in [0, 0.05) is 13.5 Å². The molecule has 1 atom stereocenters. The summed E-state index contributed by atoms with van der Waals surface area (Å²) in [5, 5.41) is 11.4. The van der Waals surface area contributed by atoms with Crippen LogP contribution in [0.25, 0.3) is 0 Å². The third-order valence-corrected chi connectivity index (χ3v) is 1.20. The van der Waals surface area contributed by atoms with Crippen molar-refractivity contribution in [2.24, 2.45) is 0 Å². The average molecular weight is 259 g/mol. The molecule has 0 spiro atoms. The summed E-state index contributed by atoms with van der Waals surface area (Å²) in [5.41, 5.74) is 0. The molecule has 0 rings (SSSR count). The van der Waals surface area contributed by atoms with Gasteiger partial charge in [0.25, 0.3) is 0 Å². The number of aliphatic hydroxyl groups excluding tert-OH is 1. The normalized spacial score (nSPS) is 12.7. The Morgan fingerprint density at radius 2 is 2.50 bits per heavy atom. The van der Waals surface area contributed by atoms with Crippen molar-refractivity contribution in [3.8, 4) is 0 Å². The molecule has 0 radical (unpaired) electrons. The number of amides is 1. The third-order valence-electron chi connectivity index (χ3n) is 0.842. The first-order valence-electron chi connectivity index (χ1n) is 2.83. The van der Waals surface area contributed by atoms with Crippen LogP contribution in [0.1, 0.15) is 6.92 Å². The van der Waals surface area contributed by atoms with Gasteiger partial charge in [-0.2, -0.15) is 0 Å². The van der Waals surface area contributed by atoms with Crippen LogP contribution in [0.2, 0.25) is 0 Å². The lowest BCUT2D eigenvalue weighted by Gasteiger charge is -2.07. The Morgan fingerprint density at radius 1 is 1.90 bits per heavy atom. The third kappa shape index (κ3) is 6.24. The van der Waals surface area contributed by atoms with Gasteiger partial charge in [-0.25, -0.2) is 0 Å². The summed E-state index contributed by atoms with van der Waals surface area (Å²) in [6.07, 6.45) is -0.610.